The van der Waals surface area contributed by atoms with Crippen LogP contribution in [-0.2, 0) is 14.8 Å². The van der Waals surface area contributed by atoms with E-state index in [-0.39, 0.29) is 5.60 Å². The SMILES string of the molecule is CCN(CCCNCCC(C)(C)OC)S(C)(=O)=O. The highest BCUT2D eigenvalue weighted by atomic mass is 32.2. The molecule has 0 atom stereocenters. The van der Waals surface area contributed by atoms with Crippen molar-refractivity contribution in [2.24, 2.45) is 0 Å². The molecule has 0 rings (SSSR count). The second-order valence-electron chi connectivity index (χ2n) is 5.07. The highest BCUT2D eigenvalue weighted by molar-refractivity contribution is 7.88. The lowest BCUT2D eigenvalue weighted by Crippen LogP contribution is -2.33. The lowest BCUT2D eigenvalue weighted by molar-refractivity contribution is 0.0159. The first kappa shape index (κ1) is 17.8. The summed E-state index contributed by atoms with van der Waals surface area (Å²) in [5.74, 6) is 0. The molecule has 0 aliphatic carbocycles. The minimum Gasteiger partial charge on any atom is -0.379 e. The number of nitrogens with one attached hydrogen (secondary N) is 1. The van der Waals surface area contributed by atoms with E-state index in [1.807, 2.05) is 6.92 Å². The van der Waals surface area contributed by atoms with E-state index in [1.165, 1.54) is 10.6 Å². The van der Waals surface area contributed by atoms with Crippen molar-refractivity contribution in [3.05, 3.63) is 0 Å². The molecule has 0 aromatic carbocycles. The molecule has 0 unspecified atom stereocenters. The first-order valence-electron chi connectivity index (χ1n) is 6.44. The quantitative estimate of drug-likeness (QED) is 0.608. The van der Waals surface area contributed by atoms with Crippen molar-refractivity contribution in [3.8, 4) is 0 Å². The summed E-state index contributed by atoms with van der Waals surface area (Å²) in [6, 6.07) is 0. The van der Waals surface area contributed by atoms with Crippen molar-refractivity contribution in [1.82, 2.24) is 9.62 Å². The van der Waals surface area contributed by atoms with Gasteiger partial charge < -0.3 is 10.1 Å². The number of hydrogen-bond donors (Lipinski definition) is 1. The molecule has 6 heteroatoms. The number of sulfonamides is 1. The summed E-state index contributed by atoms with van der Waals surface area (Å²) in [6.45, 7) is 8.78. The molecule has 0 heterocycles. The molecule has 0 radical (unpaired) electrons. The maximum Gasteiger partial charge on any atom is 0.211 e. The Kier molecular flexibility index (Phi) is 8.02. The lowest BCUT2D eigenvalue weighted by atomic mass is 10.1. The molecule has 0 aromatic heterocycles. The second kappa shape index (κ2) is 8.09. The molecular formula is C12H28N2O3S. The molecule has 0 spiro atoms. The number of hydrogen-bond acceptors (Lipinski definition) is 4. The van der Waals surface area contributed by atoms with Crippen molar-refractivity contribution in [2.45, 2.75) is 39.2 Å². The fourth-order valence-corrected chi connectivity index (χ4v) is 2.49. The van der Waals surface area contributed by atoms with Crippen LogP contribution in [0.3, 0.4) is 0 Å². The average Bonchev–Trinajstić information content (AvgIpc) is 2.26. The van der Waals surface area contributed by atoms with Crippen LogP contribution in [0.25, 0.3) is 0 Å². The van der Waals surface area contributed by atoms with Crippen LogP contribution < -0.4 is 5.32 Å². The van der Waals surface area contributed by atoms with Crippen LogP contribution >= 0.6 is 0 Å². The Morgan fingerprint density at radius 2 is 1.89 bits per heavy atom. The summed E-state index contributed by atoms with van der Waals surface area (Å²) in [4.78, 5) is 0. The molecule has 0 aliphatic rings. The van der Waals surface area contributed by atoms with Gasteiger partial charge in [0.2, 0.25) is 10.0 Å². The largest absolute Gasteiger partial charge is 0.379 e. The summed E-state index contributed by atoms with van der Waals surface area (Å²) in [5, 5.41) is 3.31. The van der Waals surface area contributed by atoms with E-state index in [0.717, 1.165) is 25.9 Å². The molecule has 0 fully saturated rings. The van der Waals surface area contributed by atoms with Crippen molar-refractivity contribution in [1.29, 1.82) is 0 Å². The van der Waals surface area contributed by atoms with Gasteiger partial charge in [0.05, 0.1) is 11.9 Å². The van der Waals surface area contributed by atoms with E-state index >= 15 is 0 Å². The molecule has 0 amide bonds. The van der Waals surface area contributed by atoms with Gasteiger partial charge in [-0.3, -0.25) is 0 Å². The normalized spacial score (nSPS) is 13.2. The van der Waals surface area contributed by atoms with Gasteiger partial charge in [0.1, 0.15) is 0 Å². The molecule has 0 aliphatic heterocycles. The van der Waals surface area contributed by atoms with Gasteiger partial charge in [0, 0.05) is 20.2 Å². The predicted molar refractivity (Wildman–Crippen MR) is 75.3 cm³/mol. The first-order chi connectivity index (χ1) is 8.23. The number of ether oxygens (including phenoxy) is 1. The van der Waals surface area contributed by atoms with Crippen LogP contribution in [0.2, 0.25) is 0 Å². The monoisotopic (exact) mass is 280 g/mol. The number of nitrogens with zero attached hydrogens (tertiary/aromatic N) is 1. The molecule has 110 valence electrons. The minimum absolute atomic E-state index is 0.102. The summed E-state index contributed by atoms with van der Waals surface area (Å²) in [6.07, 6.45) is 3.02. The summed E-state index contributed by atoms with van der Waals surface area (Å²) in [5.41, 5.74) is -0.102. The highest BCUT2D eigenvalue weighted by Gasteiger charge is 2.15. The summed E-state index contributed by atoms with van der Waals surface area (Å²) < 4.78 is 29.5. The standard InChI is InChI=1S/C12H28N2O3S/c1-6-14(18(5,15)16)11-7-9-13-10-8-12(2,3)17-4/h13H,6-11H2,1-5H3. The highest BCUT2D eigenvalue weighted by Crippen LogP contribution is 2.11. The maximum absolute atomic E-state index is 11.3. The van der Waals surface area contributed by atoms with Crippen LogP contribution in [0.5, 0.6) is 0 Å². The maximum atomic E-state index is 11.3. The van der Waals surface area contributed by atoms with Crippen LogP contribution in [0.4, 0.5) is 0 Å². The van der Waals surface area contributed by atoms with E-state index in [1.54, 1.807) is 7.11 Å². The van der Waals surface area contributed by atoms with Gasteiger partial charge in [-0.25, -0.2) is 12.7 Å². The Morgan fingerprint density at radius 1 is 1.28 bits per heavy atom. The third kappa shape index (κ3) is 8.02. The van der Waals surface area contributed by atoms with Crippen LogP contribution in [0.15, 0.2) is 0 Å². The Labute approximate surface area is 112 Å². The third-order valence-electron chi connectivity index (χ3n) is 3.04. The lowest BCUT2D eigenvalue weighted by Gasteiger charge is -2.23. The molecule has 0 saturated carbocycles. The summed E-state index contributed by atoms with van der Waals surface area (Å²) >= 11 is 0. The smallest absolute Gasteiger partial charge is 0.211 e. The Morgan fingerprint density at radius 3 is 2.33 bits per heavy atom. The van der Waals surface area contributed by atoms with Crippen molar-refractivity contribution < 1.29 is 13.2 Å². The third-order valence-corrected chi connectivity index (χ3v) is 4.42. The zero-order chi connectivity index (χ0) is 14.2. The number of rotatable bonds is 10. The zero-order valence-corrected chi connectivity index (χ0v) is 13.1. The Bertz CT molecular complexity index is 315. The second-order valence-corrected chi connectivity index (χ2v) is 7.05. The fourth-order valence-electron chi connectivity index (χ4n) is 1.56. The van der Waals surface area contributed by atoms with Crippen molar-refractivity contribution in [2.75, 3.05) is 39.5 Å². The Hall–Kier alpha value is -0.170. The fraction of sp³-hybridized carbons (Fsp3) is 1.00. The molecule has 18 heavy (non-hydrogen) atoms. The molecule has 1 N–H and O–H groups in total. The average molecular weight is 280 g/mol. The van der Waals surface area contributed by atoms with E-state index in [4.69, 9.17) is 4.74 Å². The minimum atomic E-state index is -3.05. The van der Waals surface area contributed by atoms with Crippen molar-refractivity contribution in [3.63, 3.8) is 0 Å². The van der Waals surface area contributed by atoms with Crippen LogP contribution in [0, 0.1) is 0 Å². The molecular weight excluding hydrogens is 252 g/mol. The van der Waals surface area contributed by atoms with Gasteiger partial charge >= 0.3 is 0 Å². The van der Waals surface area contributed by atoms with E-state index in [2.05, 4.69) is 19.2 Å². The van der Waals surface area contributed by atoms with Gasteiger partial charge in [0.15, 0.2) is 0 Å². The predicted octanol–water partition coefficient (Wildman–Crippen LogP) is 1.06. The first-order valence-corrected chi connectivity index (χ1v) is 8.29. The van der Waals surface area contributed by atoms with Gasteiger partial charge in [-0.2, -0.15) is 0 Å². The zero-order valence-electron chi connectivity index (χ0n) is 12.3. The molecule has 5 nitrogen and oxygen atoms in total. The van der Waals surface area contributed by atoms with Gasteiger partial charge in [-0.05, 0) is 39.8 Å². The van der Waals surface area contributed by atoms with Crippen molar-refractivity contribution >= 4 is 10.0 Å². The van der Waals surface area contributed by atoms with Gasteiger partial charge in [0.25, 0.3) is 0 Å². The van der Waals surface area contributed by atoms with E-state index in [0.29, 0.717) is 13.1 Å². The van der Waals surface area contributed by atoms with Gasteiger partial charge in [-0.15, -0.1) is 0 Å². The van der Waals surface area contributed by atoms with E-state index in [9.17, 15) is 8.42 Å². The molecule has 0 aromatic rings. The Balaban J connectivity index is 3.69. The molecule has 0 saturated heterocycles. The number of methoxy groups -OCH3 is 1. The van der Waals surface area contributed by atoms with E-state index < -0.39 is 10.0 Å². The van der Waals surface area contributed by atoms with Crippen LogP contribution in [-0.4, -0.2) is 57.9 Å². The summed E-state index contributed by atoms with van der Waals surface area (Å²) in [7, 11) is -1.34. The van der Waals surface area contributed by atoms with Crippen LogP contribution in [0.1, 0.15) is 33.6 Å². The molecule has 0 bridgehead atoms. The topological polar surface area (TPSA) is 58.6 Å². The van der Waals surface area contributed by atoms with Gasteiger partial charge in [-0.1, -0.05) is 6.92 Å².